The minimum Gasteiger partial charge on any atom is -0.494 e. The van der Waals surface area contributed by atoms with Crippen molar-refractivity contribution in [2.24, 2.45) is 5.10 Å². The third-order valence-electron chi connectivity index (χ3n) is 5.58. The van der Waals surface area contributed by atoms with Crippen molar-refractivity contribution < 1.29 is 28.5 Å². The van der Waals surface area contributed by atoms with Gasteiger partial charge in [0.1, 0.15) is 11.5 Å². The van der Waals surface area contributed by atoms with Crippen LogP contribution in [-0.4, -0.2) is 37.9 Å². The lowest BCUT2D eigenvalue weighted by atomic mass is 10.1. The highest BCUT2D eigenvalue weighted by molar-refractivity contribution is 5.92. The molecule has 0 saturated carbocycles. The minimum absolute atomic E-state index is 0.255. The molecule has 4 aromatic rings. The maximum atomic E-state index is 12.5. The Morgan fingerprint density at radius 2 is 1.63 bits per heavy atom. The second kappa shape index (κ2) is 12.4. The number of esters is 1. The summed E-state index contributed by atoms with van der Waals surface area (Å²) in [4.78, 5) is 25.0. The number of fused-ring (bicyclic) bond motifs is 1. The van der Waals surface area contributed by atoms with Crippen molar-refractivity contribution in [1.29, 1.82) is 0 Å². The quantitative estimate of drug-likeness (QED) is 0.133. The highest BCUT2D eigenvalue weighted by atomic mass is 16.6. The first-order chi connectivity index (χ1) is 18.5. The number of benzene rings is 4. The lowest BCUT2D eigenvalue weighted by Gasteiger charge is -2.13. The third-order valence-corrected chi connectivity index (χ3v) is 5.58. The van der Waals surface area contributed by atoms with E-state index in [1.54, 1.807) is 49.4 Å². The molecule has 0 bridgehead atoms. The number of nitrogens with zero attached hydrogens (tertiary/aromatic N) is 1. The van der Waals surface area contributed by atoms with Crippen molar-refractivity contribution in [2.75, 3.05) is 13.7 Å². The van der Waals surface area contributed by atoms with Crippen LogP contribution >= 0.6 is 0 Å². The molecule has 0 unspecified atom stereocenters. The Morgan fingerprint density at radius 3 is 2.37 bits per heavy atom. The van der Waals surface area contributed by atoms with E-state index in [0.717, 1.165) is 10.8 Å². The van der Waals surface area contributed by atoms with Gasteiger partial charge >= 0.3 is 5.97 Å². The predicted molar refractivity (Wildman–Crippen MR) is 145 cm³/mol. The lowest BCUT2D eigenvalue weighted by Crippen LogP contribution is -2.33. The van der Waals surface area contributed by atoms with Crippen LogP contribution in [-0.2, 0) is 4.79 Å². The van der Waals surface area contributed by atoms with Crippen LogP contribution in [0.25, 0.3) is 10.8 Å². The molecular formula is C30H28N2O6. The second-order valence-corrected chi connectivity index (χ2v) is 8.26. The first-order valence-corrected chi connectivity index (χ1v) is 12.1. The van der Waals surface area contributed by atoms with E-state index in [1.807, 2.05) is 49.4 Å². The largest absolute Gasteiger partial charge is 0.494 e. The van der Waals surface area contributed by atoms with Gasteiger partial charge in [-0.1, -0.05) is 30.3 Å². The Kier molecular flexibility index (Phi) is 8.56. The average Bonchev–Trinajstić information content (AvgIpc) is 2.94. The Morgan fingerprint density at radius 1 is 0.895 bits per heavy atom. The first kappa shape index (κ1) is 26.2. The van der Waals surface area contributed by atoms with Gasteiger partial charge in [-0.3, -0.25) is 4.79 Å². The van der Waals surface area contributed by atoms with Crippen molar-refractivity contribution in [2.45, 2.75) is 20.0 Å². The van der Waals surface area contributed by atoms with E-state index in [4.69, 9.17) is 18.9 Å². The fourth-order valence-electron chi connectivity index (χ4n) is 3.62. The topological polar surface area (TPSA) is 95.5 Å². The summed E-state index contributed by atoms with van der Waals surface area (Å²) in [5.74, 6) is 0.933. The van der Waals surface area contributed by atoms with E-state index in [2.05, 4.69) is 10.5 Å². The molecule has 0 spiro atoms. The molecular weight excluding hydrogens is 484 g/mol. The van der Waals surface area contributed by atoms with Crippen LogP contribution in [0, 0.1) is 0 Å². The van der Waals surface area contributed by atoms with Crippen molar-refractivity contribution in [3.05, 3.63) is 96.1 Å². The van der Waals surface area contributed by atoms with Crippen molar-refractivity contribution in [3.63, 3.8) is 0 Å². The number of nitrogens with one attached hydrogen (secondary N) is 1. The molecule has 0 radical (unpaired) electrons. The summed E-state index contributed by atoms with van der Waals surface area (Å²) < 4.78 is 22.0. The van der Waals surface area contributed by atoms with Gasteiger partial charge in [-0.25, -0.2) is 10.2 Å². The molecule has 1 atom stereocenters. The average molecular weight is 513 g/mol. The van der Waals surface area contributed by atoms with Crippen molar-refractivity contribution >= 4 is 28.9 Å². The van der Waals surface area contributed by atoms with Gasteiger partial charge in [0.2, 0.25) is 0 Å². The Labute approximate surface area is 220 Å². The number of carbonyl (C=O) groups is 2. The summed E-state index contributed by atoms with van der Waals surface area (Å²) in [6.07, 6.45) is 0.702. The van der Waals surface area contributed by atoms with Gasteiger partial charge in [-0.2, -0.15) is 5.10 Å². The van der Waals surface area contributed by atoms with Gasteiger partial charge < -0.3 is 18.9 Å². The molecule has 0 saturated heterocycles. The summed E-state index contributed by atoms with van der Waals surface area (Å²) >= 11 is 0. The van der Waals surface area contributed by atoms with Crippen LogP contribution in [0.2, 0.25) is 0 Å². The molecule has 0 aliphatic heterocycles. The Hall–Kier alpha value is -4.85. The zero-order valence-electron chi connectivity index (χ0n) is 21.3. The van der Waals surface area contributed by atoms with E-state index in [1.165, 1.54) is 13.3 Å². The zero-order valence-corrected chi connectivity index (χ0v) is 21.3. The molecule has 38 heavy (non-hydrogen) atoms. The monoisotopic (exact) mass is 512 g/mol. The van der Waals surface area contributed by atoms with Crippen LogP contribution in [0.15, 0.2) is 90.0 Å². The number of rotatable bonds is 10. The first-order valence-electron chi connectivity index (χ1n) is 12.1. The van der Waals surface area contributed by atoms with Crippen LogP contribution in [0.5, 0.6) is 23.0 Å². The standard InChI is InChI=1S/C30H28N2O6/c1-4-36-25-13-11-23(12-14-25)30(34)38-27-16-9-21(17-28(27)35-3)19-31-32-29(33)20(2)37-26-15-10-22-7-5-6-8-24(22)18-26/h5-20H,4H2,1-3H3,(H,32,33)/b31-19-/t20-/m0/s1. The van der Waals surface area contributed by atoms with E-state index in [0.29, 0.717) is 35.0 Å². The molecule has 4 aromatic carbocycles. The Balaban J connectivity index is 1.34. The molecule has 0 fully saturated rings. The molecule has 0 heterocycles. The predicted octanol–water partition coefficient (Wildman–Crippen LogP) is 5.38. The smallest absolute Gasteiger partial charge is 0.343 e. The number of carbonyl (C=O) groups excluding carboxylic acids is 2. The van der Waals surface area contributed by atoms with Crippen molar-refractivity contribution in [3.8, 4) is 23.0 Å². The lowest BCUT2D eigenvalue weighted by molar-refractivity contribution is -0.127. The van der Waals surface area contributed by atoms with E-state index in [9.17, 15) is 9.59 Å². The molecule has 8 nitrogen and oxygen atoms in total. The van der Waals surface area contributed by atoms with Crippen LogP contribution in [0.3, 0.4) is 0 Å². The number of ether oxygens (including phenoxy) is 4. The fourth-order valence-corrected chi connectivity index (χ4v) is 3.62. The van der Waals surface area contributed by atoms with Gasteiger partial charge in [0.05, 0.1) is 25.5 Å². The van der Waals surface area contributed by atoms with Gasteiger partial charge in [0.25, 0.3) is 5.91 Å². The summed E-state index contributed by atoms with van der Waals surface area (Å²) in [5, 5.41) is 6.13. The van der Waals surface area contributed by atoms with Gasteiger partial charge in [0.15, 0.2) is 17.6 Å². The number of hydrogen-bond donors (Lipinski definition) is 1. The highest BCUT2D eigenvalue weighted by Crippen LogP contribution is 2.28. The van der Waals surface area contributed by atoms with Crippen LogP contribution < -0.4 is 24.4 Å². The summed E-state index contributed by atoms with van der Waals surface area (Å²) in [6, 6.07) is 25.2. The van der Waals surface area contributed by atoms with Crippen LogP contribution in [0.4, 0.5) is 0 Å². The van der Waals surface area contributed by atoms with Gasteiger partial charge in [0, 0.05) is 0 Å². The SMILES string of the molecule is CCOc1ccc(C(=O)Oc2ccc(/C=N\NC(=O)[C@H](C)Oc3ccc4ccccc4c3)cc2OC)cc1. The Bertz CT molecular complexity index is 1450. The minimum atomic E-state index is -0.757. The highest BCUT2D eigenvalue weighted by Gasteiger charge is 2.15. The molecule has 1 amide bonds. The molecule has 4 rings (SSSR count). The van der Waals surface area contributed by atoms with Gasteiger partial charge in [-0.15, -0.1) is 0 Å². The number of methoxy groups -OCH3 is 1. The molecule has 1 N–H and O–H groups in total. The van der Waals surface area contributed by atoms with Crippen LogP contribution in [0.1, 0.15) is 29.8 Å². The van der Waals surface area contributed by atoms with E-state index >= 15 is 0 Å². The maximum absolute atomic E-state index is 12.5. The summed E-state index contributed by atoms with van der Waals surface area (Å²) in [7, 11) is 1.47. The molecule has 0 aliphatic carbocycles. The molecule has 8 heteroatoms. The summed E-state index contributed by atoms with van der Waals surface area (Å²) in [6.45, 7) is 4.08. The van der Waals surface area contributed by atoms with E-state index < -0.39 is 18.0 Å². The number of hydrazone groups is 1. The zero-order chi connectivity index (χ0) is 26.9. The molecule has 0 aromatic heterocycles. The van der Waals surface area contributed by atoms with Gasteiger partial charge in [-0.05, 0) is 84.8 Å². The normalized spacial score (nSPS) is 11.7. The molecule has 0 aliphatic rings. The third kappa shape index (κ3) is 6.67. The second-order valence-electron chi connectivity index (χ2n) is 8.26. The van der Waals surface area contributed by atoms with Crippen molar-refractivity contribution in [1.82, 2.24) is 5.43 Å². The fraction of sp³-hybridized carbons (Fsp3) is 0.167. The number of hydrogen-bond acceptors (Lipinski definition) is 7. The van der Waals surface area contributed by atoms with E-state index in [-0.39, 0.29) is 5.75 Å². The number of amides is 1. The maximum Gasteiger partial charge on any atom is 0.343 e. The summed E-state index contributed by atoms with van der Waals surface area (Å²) in [5.41, 5.74) is 3.49. The molecule has 194 valence electrons.